The number of ether oxygens (including phenoxy) is 2. The fraction of sp³-hybridized carbons (Fsp3) is 0.235. The summed E-state index contributed by atoms with van der Waals surface area (Å²) in [7, 11) is 1.56. The summed E-state index contributed by atoms with van der Waals surface area (Å²) < 4.78 is 13.0. The van der Waals surface area contributed by atoms with Gasteiger partial charge in [0.1, 0.15) is 16.3 Å². The minimum Gasteiger partial charge on any atom is -0.496 e. The molecular formula is C34H31N3O5S. The minimum atomic E-state index is -0.838. The van der Waals surface area contributed by atoms with Gasteiger partial charge in [-0.3, -0.25) is 14.2 Å². The summed E-state index contributed by atoms with van der Waals surface area (Å²) in [6.07, 6.45) is 1.25. The van der Waals surface area contributed by atoms with Crippen LogP contribution in [0.15, 0.2) is 99.9 Å². The van der Waals surface area contributed by atoms with Gasteiger partial charge in [0.2, 0.25) is 0 Å². The molecule has 0 bridgehead atoms. The molecule has 1 aromatic heterocycles. The van der Waals surface area contributed by atoms with Crippen molar-refractivity contribution in [2.45, 2.75) is 39.3 Å². The van der Waals surface area contributed by atoms with Crippen molar-refractivity contribution in [1.82, 2.24) is 4.57 Å². The molecule has 0 spiro atoms. The quantitative estimate of drug-likeness (QED) is 0.281. The van der Waals surface area contributed by atoms with Crippen LogP contribution in [0.5, 0.6) is 5.75 Å². The topological polar surface area (TPSA) is 90.2 Å². The lowest BCUT2D eigenvalue weighted by Gasteiger charge is -2.26. The van der Waals surface area contributed by atoms with Gasteiger partial charge in [-0.2, -0.15) is 0 Å². The molecule has 1 atom stereocenters. The third kappa shape index (κ3) is 4.89. The number of aromatic nitrogens is 1. The maximum atomic E-state index is 14.5. The average molecular weight is 594 g/mol. The van der Waals surface area contributed by atoms with Gasteiger partial charge in [0, 0.05) is 11.1 Å². The van der Waals surface area contributed by atoms with Crippen LogP contribution in [0.2, 0.25) is 0 Å². The maximum absolute atomic E-state index is 14.5. The molecule has 0 fully saturated rings. The molecule has 0 aliphatic carbocycles. The molecule has 8 nitrogen and oxygen atoms in total. The summed E-state index contributed by atoms with van der Waals surface area (Å²) in [5.41, 5.74) is 3.88. The van der Waals surface area contributed by atoms with Gasteiger partial charge >= 0.3 is 5.97 Å². The molecule has 0 radical (unpaired) electrons. The first-order valence-corrected chi connectivity index (χ1v) is 15.1. The number of esters is 1. The number of para-hydroxylation sites is 2. The molecule has 4 aromatic rings. The number of thiazole rings is 1. The van der Waals surface area contributed by atoms with Crippen LogP contribution in [0, 0.1) is 0 Å². The van der Waals surface area contributed by atoms with Crippen molar-refractivity contribution in [3.63, 3.8) is 0 Å². The molecule has 0 unspecified atom stereocenters. The molecule has 9 heteroatoms. The maximum Gasteiger partial charge on any atom is 0.338 e. The van der Waals surface area contributed by atoms with Crippen LogP contribution in [-0.4, -0.2) is 30.2 Å². The number of rotatable bonds is 8. The molecule has 3 heterocycles. The normalized spacial score (nSPS) is 17.0. The van der Waals surface area contributed by atoms with Gasteiger partial charge in [-0.1, -0.05) is 91.4 Å². The third-order valence-electron chi connectivity index (χ3n) is 7.64. The van der Waals surface area contributed by atoms with Crippen molar-refractivity contribution in [3.8, 4) is 5.75 Å². The summed E-state index contributed by atoms with van der Waals surface area (Å²) in [4.78, 5) is 49.1. The molecule has 43 heavy (non-hydrogen) atoms. The Labute approximate surface area is 252 Å². The van der Waals surface area contributed by atoms with Gasteiger partial charge < -0.3 is 14.4 Å². The van der Waals surface area contributed by atoms with Crippen LogP contribution in [0.25, 0.3) is 5.57 Å². The Morgan fingerprint density at radius 2 is 1.67 bits per heavy atom. The first kappa shape index (κ1) is 28.4. The Morgan fingerprint density at radius 1 is 0.953 bits per heavy atom. The monoisotopic (exact) mass is 593 g/mol. The summed E-state index contributed by atoms with van der Waals surface area (Å²) in [6, 6.07) is 23.8. The van der Waals surface area contributed by atoms with E-state index in [1.54, 1.807) is 25.0 Å². The smallest absolute Gasteiger partial charge is 0.338 e. The molecule has 2 aliphatic rings. The zero-order valence-corrected chi connectivity index (χ0v) is 25.0. The largest absolute Gasteiger partial charge is 0.496 e. The van der Waals surface area contributed by atoms with E-state index in [1.807, 2.05) is 79.7 Å². The predicted molar refractivity (Wildman–Crippen MR) is 166 cm³/mol. The van der Waals surface area contributed by atoms with E-state index in [1.165, 1.54) is 15.9 Å². The Morgan fingerprint density at radius 3 is 2.42 bits per heavy atom. The van der Waals surface area contributed by atoms with Crippen LogP contribution in [0.1, 0.15) is 49.4 Å². The molecule has 218 valence electrons. The lowest BCUT2D eigenvalue weighted by atomic mass is 9.93. The van der Waals surface area contributed by atoms with Crippen molar-refractivity contribution < 1.29 is 19.1 Å². The molecule has 0 saturated heterocycles. The van der Waals surface area contributed by atoms with Crippen molar-refractivity contribution >= 4 is 34.5 Å². The lowest BCUT2D eigenvalue weighted by Crippen LogP contribution is -2.41. The van der Waals surface area contributed by atoms with Crippen molar-refractivity contribution in [3.05, 3.63) is 127 Å². The molecule has 3 aromatic carbocycles. The third-order valence-corrected chi connectivity index (χ3v) is 8.69. The summed E-state index contributed by atoms with van der Waals surface area (Å²) >= 11 is 1.18. The number of fused-ring (bicyclic) bond motifs is 2. The summed E-state index contributed by atoms with van der Waals surface area (Å²) in [5, 5.41) is 0. The number of anilines is 1. The molecule has 0 saturated carbocycles. The number of benzene rings is 3. The fourth-order valence-corrected chi connectivity index (χ4v) is 6.89. The Kier molecular flexibility index (Phi) is 7.82. The number of carbonyl (C=O) groups is 2. The minimum absolute atomic E-state index is 0.178. The standard InChI is InChI=1S/C34H31N3O5S/c1-4-13-24-28(33(40)42-5-2)29(23-17-10-12-19-26(23)41-3)37-32(39)30(43-34(37)35-24)27-22-16-9-11-18-25(22)36(31(27)38)20-21-14-7-6-8-15-21/h6-12,14-19,29H,4-5,13,20H2,1-3H3/b30-27-/t29-/m0/s1. The van der Waals surface area contributed by atoms with Gasteiger partial charge in [-0.25, -0.2) is 9.79 Å². The molecule has 6 rings (SSSR count). The van der Waals surface area contributed by atoms with Crippen molar-refractivity contribution in [2.24, 2.45) is 4.99 Å². The summed E-state index contributed by atoms with van der Waals surface area (Å²) in [5.74, 6) is -0.246. The number of allylic oxidation sites excluding steroid dienone is 1. The van der Waals surface area contributed by atoms with Gasteiger partial charge in [0.15, 0.2) is 4.80 Å². The highest BCUT2D eigenvalue weighted by atomic mass is 32.1. The first-order chi connectivity index (χ1) is 21.0. The van der Waals surface area contributed by atoms with E-state index in [9.17, 15) is 14.4 Å². The highest BCUT2D eigenvalue weighted by Gasteiger charge is 2.38. The van der Waals surface area contributed by atoms with E-state index in [0.29, 0.717) is 51.5 Å². The van der Waals surface area contributed by atoms with E-state index >= 15 is 0 Å². The SMILES string of the molecule is CCCC1=C(C(=O)OCC)[C@H](c2ccccc2OC)n2c(s/c(=C3\C(=O)N(Cc4ccccc4)c4ccccc43)c2=O)=N1. The van der Waals surface area contributed by atoms with Gasteiger partial charge in [0.05, 0.1) is 42.8 Å². The second-order valence-corrected chi connectivity index (χ2v) is 11.2. The number of amides is 1. The highest BCUT2D eigenvalue weighted by molar-refractivity contribution is 7.07. The highest BCUT2D eigenvalue weighted by Crippen LogP contribution is 2.38. The average Bonchev–Trinajstić information content (AvgIpc) is 3.49. The van der Waals surface area contributed by atoms with E-state index in [2.05, 4.69) is 0 Å². The number of hydrogen-bond donors (Lipinski definition) is 0. The molecule has 1 amide bonds. The number of nitrogens with zero attached hydrogens (tertiary/aromatic N) is 3. The van der Waals surface area contributed by atoms with Gasteiger partial charge in [-0.05, 0) is 31.0 Å². The molecule has 2 aliphatic heterocycles. The number of hydrogen-bond acceptors (Lipinski definition) is 7. The van der Waals surface area contributed by atoms with E-state index in [4.69, 9.17) is 14.5 Å². The Bertz CT molecular complexity index is 1940. The zero-order chi connectivity index (χ0) is 30.1. The second kappa shape index (κ2) is 11.9. The van der Waals surface area contributed by atoms with Crippen LogP contribution in [-0.2, 0) is 20.9 Å². The zero-order valence-electron chi connectivity index (χ0n) is 24.2. The van der Waals surface area contributed by atoms with Crippen LogP contribution < -0.4 is 24.5 Å². The van der Waals surface area contributed by atoms with Crippen LogP contribution in [0.4, 0.5) is 5.69 Å². The van der Waals surface area contributed by atoms with E-state index in [0.717, 1.165) is 17.7 Å². The predicted octanol–water partition coefficient (Wildman–Crippen LogP) is 4.50. The first-order valence-electron chi connectivity index (χ1n) is 14.3. The Hall–Kier alpha value is -4.76. The van der Waals surface area contributed by atoms with Crippen molar-refractivity contribution in [1.29, 1.82) is 0 Å². The summed E-state index contributed by atoms with van der Waals surface area (Å²) in [6.45, 7) is 4.31. The fourth-order valence-electron chi connectivity index (χ4n) is 5.78. The second-order valence-electron chi connectivity index (χ2n) is 10.2. The molecular weight excluding hydrogens is 562 g/mol. The van der Waals surface area contributed by atoms with Crippen LogP contribution >= 0.6 is 11.3 Å². The van der Waals surface area contributed by atoms with Crippen molar-refractivity contribution in [2.75, 3.05) is 18.6 Å². The lowest BCUT2D eigenvalue weighted by molar-refractivity contribution is -0.139. The Balaban J connectivity index is 1.62. The van der Waals surface area contributed by atoms with Crippen LogP contribution in [0.3, 0.4) is 0 Å². The van der Waals surface area contributed by atoms with E-state index in [-0.39, 0.29) is 17.0 Å². The van der Waals surface area contributed by atoms with Gasteiger partial charge in [0.25, 0.3) is 11.5 Å². The molecule has 0 N–H and O–H groups in total. The van der Waals surface area contributed by atoms with E-state index < -0.39 is 17.6 Å². The van der Waals surface area contributed by atoms with Gasteiger partial charge in [-0.15, -0.1) is 0 Å². The number of carbonyl (C=O) groups excluding carboxylic acids is 2. The number of methoxy groups -OCH3 is 1.